The van der Waals surface area contributed by atoms with Crippen LogP contribution in [-0.2, 0) is 0 Å². The molecular weight excluding hydrogens is 368 g/mol. The molecule has 0 aliphatic carbocycles. The minimum Gasteiger partial charge on any atom is -0.497 e. The number of anilines is 1. The number of methoxy groups -OCH3 is 1. The van der Waals surface area contributed by atoms with Gasteiger partial charge in [0.25, 0.3) is 5.91 Å². The monoisotopic (exact) mass is 380 g/mol. The van der Waals surface area contributed by atoms with E-state index in [0.29, 0.717) is 10.3 Å². The van der Waals surface area contributed by atoms with Gasteiger partial charge in [-0.2, -0.15) is 0 Å². The molecule has 0 aliphatic heterocycles. The van der Waals surface area contributed by atoms with Crippen molar-refractivity contribution in [1.29, 1.82) is 0 Å². The fraction of sp³-hybridized carbons (Fsp3) is 0.200. The Bertz CT molecular complexity index is 900. The molecule has 124 valence electrons. The van der Waals surface area contributed by atoms with Gasteiger partial charge in [0.15, 0.2) is 16.0 Å². The van der Waals surface area contributed by atoms with Crippen LogP contribution in [0.25, 0.3) is 10.2 Å². The molecule has 0 bridgehead atoms. The number of nitrogens with one attached hydrogen (secondary N) is 1. The molecular formula is C15H13ClN4O2S2. The highest BCUT2D eigenvalue weighted by molar-refractivity contribution is 7.99. The van der Waals surface area contributed by atoms with Crippen molar-refractivity contribution in [3.05, 3.63) is 35.1 Å². The van der Waals surface area contributed by atoms with E-state index in [1.165, 1.54) is 29.3 Å². The summed E-state index contributed by atoms with van der Waals surface area (Å²) in [4.78, 5) is 25.1. The fourth-order valence-electron chi connectivity index (χ4n) is 1.95. The summed E-state index contributed by atoms with van der Waals surface area (Å²) in [5, 5.41) is 3.93. The SMILES string of the molecule is CCSc1ncc(Cl)c(C(=O)Nc2nc3ccc(OC)cc3s2)n1. The van der Waals surface area contributed by atoms with E-state index in [4.69, 9.17) is 16.3 Å². The Balaban J connectivity index is 1.85. The first-order valence-electron chi connectivity index (χ1n) is 7.02. The van der Waals surface area contributed by atoms with Gasteiger partial charge in [0, 0.05) is 0 Å². The number of rotatable bonds is 5. The number of benzene rings is 1. The van der Waals surface area contributed by atoms with E-state index in [-0.39, 0.29) is 10.7 Å². The van der Waals surface area contributed by atoms with E-state index in [0.717, 1.165) is 21.7 Å². The van der Waals surface area contributed by atoms with Crippen LogP contribution >= 0.6 is 34.7 Å². The van der Waals surface area contributed by atoms with Crippen LogP contribution in [0.2, 0.25) is 5.02 Å². The van der Waals surface area contributed by atoms with Crippen molar-refractivity contribution in [2.45, 2.75) is 12.1 Å². The number of thioether (sulfide) groups is 1. The zero-order chi connectivity index (χ0) is 17.1. The van der Waals surface area contributed by atoms with Crippen LogP contribution in [-0.4, -0.2) is 33.7 Å². The van der Waals surface area contributed by atoms with E-state index in [1.807, 2.05) is 25.1 Å². The van der Waals surface area contributed by atoms with Crippen LogP contribution < -0.4 is 10.1 Å². The second-order valence-electron chi connectivity index (χ2n) is 4.59. The van der Waals surface area contributed by atoms with E-state index in [9.17, 15) is 4.79 Å². The Labute approximate surface area is 151 Å². The standard InChI is InChI=1S/C15H13ClN4O2S2/c1-3-23-14-17-7-9(16)12(19-14)13(21)20-15-18-10-5-4-8(22-2)6-11(10)24-15/h4-7H,3H2,1-2H3,(H,18,20,21). The van der Waals surface area contributed by atoms with Crippen LogP contribution in [0.1, 0.15) is 17.4 Å². The summed E-state index contributed by atoms with van der Waals surface area (Å²) in [6.07, 6.45) is 1.44. The van der Waals surface area contributed by atoms with Crippen molar-refractivity contribution in [2.24, 2.45) is 0 Å². The average molecular weight is 381 g/mol. The van der Waals surface area contributed by atoms with Crippen molar-refractivity contribution in [2.75, 3.05) is 18.2 Å². The smallest absolute Gasteiger partial charge is 0.277 e. The Morgan fingerprint density at radius 2 is 2.25 bits per heavy atom. The Morgan fingerprint density at radius 3 is 3.00 bits per heavy atom. The molecule has 0 atom stereocenters. The van der Waals surface area contributed by atoms with Gasteiger partial charge in [-0.1, -0.05) is 41.6 Å². The molecule has 2 heterocycles. The third-order valence-corrected chi connectivity index (χ3v) is 4.98. The number of carbonyl (C=O) groups is 1. The van der Waals surface area contributed by atoms with Gasteiger partial charge in [-0.05, 0) is 24.0 Å². The second-order valence-corrected chi connectivity index (χ2v) is 7.26. The predicted molar refractivity (Wildman–Crippen MR) is 97.6 cm³/mol. The summed E-state index contributed by atoms with van der Waals surface area (Å²) < 4.78 is 6.11. The molecule has 24 heavy (non-hydrogen) atoms. The lowest BCUT2D eigenvalue weighted by molar-refractivity contribution is 0.102. The summed E-state index contributed by atoms with van der Waals surface area (Å²) in [5.41, 5.74) is 0.923. The lowest BCUT2D eigenvalue weighted by Crippen LogP contribution is -2.15. The fourth-order valence-corrected chi connectivity index (χ4v) is 3.56. The quantitative estimate of drug-likeness (QED) is 0.530. The number of hydrogen-bond acceptors (Lipinski definition) is 7. The first kappa shape index (κ1) is 16.9. The van der Waals surface area contributed by atoms with Crippen molar-refractivity contribution in [3.8, 4) is 5.75 Å². The van der Waals surface area contributed by atoms with Crippen LogP contribution in [0, 0.1) is 0 Å². The summed E-state index contributed by atoms with van der Waals surface area (Å²) in [7, 11) is 1.61. The molecule has 1 amide bonds. The van der Waals surface area contributed by atoms with E-state index < -0.39 is 5.91 Å². The molecule has 9 heteroatoms. The molecule has 0 aliphatic rings. The molecule has 3 rings (SSSR count). The van der Waals surface area contributed by atoms with Gasteiger partial charge >= 0.3 is 0 Å². The molecule has 0 spiro atoms. The number of halogens is 1. The average Bonchev–Trinajstić information content (AvgIpc) is 2.97. The summed E-state index contributed by atoms with van der Waals surface area (Å²) >= 11 is 8.84. The minimum atomic E-state index is -0.411. The van der Waals surface area contributed by atoms with Crippen LogP contribution in [0.15, 0.2) is 29.6 Å². The number of carbonyl (C=O) groups excluding carboxylic acids is 1. The normalized spacial score (nSPS) is 10.8. The maximum absolute atomic E-state index is 12.4. The van der Waals surface area contributed by atoms with Crippen LogP contribution in [0.5, 0.6) is 5.75 Å². The number of ether oxygens (including phenoxy) is 1. The highest BCUT2D eigenvalue weighted by atomic mass is 35.5. The topological polar surface area (TPSA) is 77.0 Å². The molecule has 0 saturated heterocycles. The molecule has 3 aromatic rings. The summed E-state index contributed by atoms with van der Waals surface area (Å²) in [5.74, 6) is 1.14. The number of amides is 1. The summed E-state index contributed by atoms with van der Waals surface area (Å²) in [6, 6.07) is 5.54. The predicted octanol–water partition coefficient (Wildman–Crippen LogP) is 4.11. The highest BCUT2D eigenvalue weighted by Gasteiger charge is 2.16. The third kappa shape index (κ3) is 3.61. The first-order chi connectivity index (χ1) is 11.6. The van der Waals surface area contributed by atoms with Crippen LogP contribution in [0.3, 0.4) is 0 Å². The minimum absolute atomic E-state index is 0.138. The van der Waals surface area contributed by atoms with Gasteiger partial charge in [0.2, 0.25) is 0 Å². The molecule has 0 fully saturated rings. The lowest BCUT2D eigenvalue weighted by Gasteiger charge is -2.04. The third-order valence-electron chi connectivity index (χ3n) is 3.03. The van der Waals surface area contributed by atoms with Gasteiger partial charge in [0.05, 0.1) is 28.5 Å². The molecule has 2 aromatic heterocycles. The number of hydrogen-bond donors (Lipinski definition) is 1. The van der Waals surface area contributed by atoms with Crippen molar-refractivity contribution < 1.29 is 9.53 Å². The van der Waals surface area contributed by atoms with Gasteiger partial charge in [-0.3, -0.25) is 10.1 Å². The molecule has 0 saturated carbocycles. The van der Waals surface area contributed by atoms with Crippen molar-refractivity contribution in [3.63, 3.8) is 0 Å². The molecule has 1 aromatic carbocycles. The number of nitrogens with zero attached hydrogens (tertiary/aromatic N) is 3. The van der Waals surface area contributed by atoms with E-state index in [1.54, 1.807) is 7.11 Å². The maximum atomic E-state index is 12.4. The number of thiazole rings is 1. The van der Waals surface area contributed by atoms with Crippen LogP contribution in [0.4, 0.5) is 5.13 Å². The molecule has 0 unspecified atom stereocenters. The maximum Gasteiger partial charge on any atom is 0.277 e. The van der Waals surface area contributed by atoms with E-state index in [2.05, 4.69) is 20.3 Å². The van der Waals surface area contributed by atoms with Crippen molar-refractivity contribution >= 4 is 56.0 Å². The van der Waals surface area contributed by atoms with Crippen molar-refractivity contribution in [1.82, 2.24) is 15.0 Å². The highest BCUT2D eigenvalue weighted by Crippen LogP contribution is 2.29. The zero-order valence-corrected chi connectivity index (χ0v) is 15.3. The molecule has 0 radical (unpaired) electrons. The Hall–Kier alpha value is -1.90. The molecule has 1 N–H and O–H groups in total. The van der Waals surface area contributed by atoms with Gasteiger partial charge in [-0.25, -0.2) is 15.0 Å². The molecule has 6 nitrogen and oxygen atoms in total. The Kier molecular flexibility index (Phi) is 5.17. The van der Waals surface area contributed by atoms with Gasteiger partial charge in [0.1, 0.15) is 5.75 Å². The first-order valence-corrected chi connectivity index (χ1v) is 9.20. The largest absolute Gasteiger partial charge is 0.497 e. The Morgan fingerprint density at radius 1 is 1.42 bits per heavy atom. The number of fused-ring (bicyclic) bond motifs is 1. The van der Waals surface area contributed by atoms with Gasteiger partial charge in [-0.15, -0.1) is 0 Å². The number of aromatic nitrogens is 3. The summed E-state index contributed by atoms with van der Waals surface area (Å²) in [6.45, 7) is 1.98. The lowest BCUT2D eigenvalue weighted by atomic mass is 10.3. The zero-order valence-electron chi connectivity index (χ0n) is 12.9. The second kappa shape index (κ2) is 7.33. The van der Waals surface area contributed by atoms with Gasteiger partial charge < -0.3 is 4.74 Å². The van der Waals surface area contributed by atoms with E-state index >= 15 is 0 Å².